The monoisotopic (exact) mass is 297 g/mol. The van der Waals surface area contributed by atoms with Gasteiger partial charge in [0.1, 0.15) is 5.54 Å². The van der Waals surface area contributed by atoms with Gasteiger partial charge in [-0.2, -0.15) is 0 Å². The molecular weight excluding hydrogens is 266 g/mol. The topological polar surface area (TPSA) is 44.8 Å². The van der Waals surface area contributed by atoms with E-state index in [-0.39, 0.29) is 5.97 Å². The summed E-state index contributed by atoms with van der Waals surface area (Å²) in [6.45, 7) is 10.3. The number of likely N-dealkylation sites (N-methyl/N-ethyl adjacent to an activating group) is 2. The minimum atomic E-state index is -0.471. The quantitative estimate of drug-likeness (QED) is 0.770. The summed E-state index contributed by atoms with van der Waals surface area (Å²) in [5.41, 5.74) is -0.471. The van der Waals surface area contributed by atoms with Crippen molar-refractivity contribution < 1.29 is 9.53 Å². The lowest BCUT2D eigenvalue weighted by Gasteiger charge is -2.45. The van der Waals surface area contributed by atoms with Gasteiger partial charge in [0.05, 0.1) is 6.61 Å². The summed E-state index contributed by atoms with van der Waals surface area (Å²) in [6, 6.07) is 0.509. The third kappa shape index (κ3) is 3.76. The van der Waals surface area contributed by atoms with Crippen LogP contribution in [-0.2, 0) is 9.53 Å². The molecule has 2 rings (SSSR count). The van der Waals surface area contributed by atoms with Crippen molar-refractivity contribution in [2.24, 2.45) is 0 Å². The van der Waals surface area contributed by atoms with Crippen LogP contribution >= 0.6 is 0 Å². The van der Waals surface area contributed by atoms with E-state index >= 15 is 0 Å². The maximum absolute atomic E-state index is 12.4. The van der Waals surface area contributed by atoms with Gasteiger partial charge in [0.2, 0.25) is 0 Å². The molecule has 0 radical (unpaired) electrons. The number of nitrogens with zero attached hydrogens (tertiary/aromatic N) is 2. The molecule has 2 fully saturated rings. The van der Waals surface area contributed by atoms with E-state index in [1.54, 1.807) is 0 Å². The fraction of sp³-hybridized carbons (Fsp3) is 0.938. The summed E-state index contributed by atoms with van der Waals surface area (Å²) in [4.78, 5) is 17.4. The third-order valence-electron chi connectivity index (χ3n) is 5.24. The van der Waals surface area contributed by atoms with Gasteiger partial charge in [-0.15, -0.1) is 0 Å². The molecule has 2 atom stereocenters. The van der Waals surface area contributed by atoms with Crippen molar-refractivity contribution in [3.05, 3.63) is 0 Å². The molecule has 5 heteroatoms. The molecule has 21 heavy (non-hydrogen) atoms. The Morgan fingerprint density at radius 2 is 2.00 bits per heavy atom. The van der Waals surface area contributed by atoms with E-state index in [1.165, 1.54) is 6.42 Å². The van der Waals surface area contributed by atoms with E-state index in [4.69, 9.17) is 4.74 Å². The van der Waals surface area contributed by atoms with E-state index < -0.39 is 5.54 Å². The first kappa shape index (κ1) is 16.7. The zero-order valence-corrected chi connectivity index (χ0v) is 13.9. The molecule has 2 aliphatic rings. The van der Waals surface area contributed by atoms with Gasteiger partial charge in [-0.25, -0.2) is 0 Å². The lowest BCUT2D eigenvalue weighted by molar-refractivity contribution is -0.153. The van der Waals surface area contributed by atoms with Crippen LogP contribution in [0.15, 0.2) is 0 Å². The summed E-state index contributed by atoms with van der Waals surface area (Å²) in [5, 5.41) is 3.28. The standard InChI is InChI=1S/C16H31N3O2/c1-4-18-9-11-19(12-10-18)14-7-6-8-16(13-14,17-3)15(20)21-5-2/h14,17H,4-13H2,1-3H3. The minimum Gasteiger partial charge on any atom is -0.465 e. The van der Waals surface area contributed by atoms with Crippen LogP contribution in [0.3, 0.4) is 0 Å². The van der Waals surface area contributed by atoms with Gasteiger partial charge in [0, 0.05) is 32.2 Å². The lowest BCUT2D eigenvalue weighted by Crippen LogP contribution is -2.59. The van der Waals surface area contributed by atoms with Crippen molar-refractivity contribution in [3.63, 3.8) is 0 Å². The predicted octanol–water partition coefficient (Wildman–Crippen LogP) is 1.09. The summed E-state index contributed by atoms with van der Waals surface area (Å²) < 4.78 is 5.32. The van der Waals surface area contributed by atoms with Crippen molar-refractivity contribution in [1.29, 1.82) is 0 Å². The molecule has 0 amide bonds. The molecule has 1 saturated heterocycles. The molecule has 1 N–H and O–H groups in total. The molecule has 0 aromatic heterocycles. The Hall–Kier alpha value is -0.650. The maximum Gasteiger partial charge on any atom is 0.326 e. The second kappa shape index (κ2) is 7.56. The van der Waals surface area contributed by atoms with Crippen molar-refractivity contribution >= 4 is 5.97 Å². The second-order valence-corrected chi connectivity index (χ2v) is 6.27. The Morgan fingerprint density at radius 3 is 2.57 bits per heavy atom. The molecule has 0 aromatic rings. The number of piperazine rings is 1. The number of carbonyl (C=O) groups excluding carboxylic acids is 1. The van der Waals surface area contributed by atoms with Crippen LogP contribution in [0.1, 0.15) is 39.5 Å². The first-order valence-corrected chi connectivity index (χ1v) is 8.47. The van der Waals surface area contributed by atoms with E-state index in [9.17, 15) is 4.79 Å². The maximum atomic E-state index is 12.4. The number of nitrogens with one attached hydrogen (secondary N) is 1. The highest BCUT2D eigenvalue weighted by Crippen LogP contribution is 2.32. The molecule has 0 aromatic carbocycles. The molecule has 0 bridgehead atoms. The highest BCUT2D eigenvalue weighted by Gasteiger charge is 2.44. The molecular formula is C16H31N3O2. The Bertz CT molecular complexity index is 342. The predicted molar refractivity (Wildman–Crippen MR) is 84.4 cm³/mol. The van der Waals surface area contributed by atoms with Gasteiger partial charge >= 0.3 is 5.97 Å². The number of rotatable bonds is 5. The van der Waals surface area contributed by atoms with Gasteiger partial charge in [-0.1, -0.05) is 6.92 Å². The summed E-state index contributed by atoms with van der Waals surface area (Å²) >= 11 is 0. The van der Waals surface area contributed by atoms with Gasteiger partial charge in [-0.05, 0) is 46.2 Å². The van der Waals surface area contributed by atoms with Crippen LogP contribution in [0.5, 0.6) is 0 Å². The first-order chi connectivity index (χ1) is 10.1. The Kier molecular flexibility index (Phi) is 6.02. The average Bonchev–Trinajstić information content (AvgIpc) is 2.55. The van der Waals surface area contributed by atoms with E-state index in [2.05, 4.69) is 22.0 Å². The fourth-order valence-corrected chi connectivity index (χ4v) is 3.79. The van der Waals surface area contributed by atoms with Gasteiger partial charge in [-0.3, -0.25) is 9.69 Å². The largest absolute Gasteiger partial charge is 0.465 e. The van der Waals surface area contributed by atoms with E-state index in [0.29, 0.717) is 12.6 Å². The van der Waals surface area contributed by atoms with E-state index in [0.717, 1.165) is 52.0 Å². The molecule has 1 aliphatic heterocycles. The smallest absolute Gasteiger partial charge is 0.326 e. The van der Waals surface area contributed by atoms with Crippen LogP contribution in [0.2, 0.25) is 0 Å². The Morgan fingerprint density at radius 1 is 1.29 bits per heavy atom. The van der Waals surface area contributed by atoms with Crippen LogP contribution in [0.25, 0.3) is 0 Å². The highest BCUT2D eigenvalue weighted by molar-refractivity contribution is 5.81. The number of ether oxygens (including phenoxy) is 1. The van der Waals surface area contributed by atoms with Gasteiger partial charge < -0.3 is 15.0 Å². The average molecular weight is 297 g/mol. The number of hydrogen-bond donors (Lipinski definition) is 1. The number of esters is 1. The van der Waals surface area contributed by atoms with Crippen molar-refractivity contribution in [3.8, 4) is 0 Å². The van der Waals surface area contributed by atoms with Crippen molar-refractivity contribution in [2.75, 3.05) is 46.4 Å². The zero-order chi connectivity index (χ0) is 15.3. The fourth-order valence-electron chi connectivity index (χ4n) is 3.79. The molecule has 1 saturated carbocycles. The Labute approximate surface area is 129 Å². The summed E-state index contributed by atoms with van der Waals surface area (Å²) in [5.74, 6) is -0.0654. The normalized spacial score (nSPS) is 32.0. The molecule has 5 nitrogen and oxygen atoms in total. The number of hydrogen-bond acceptors (Lipinski definition) is 5. The molecule has 122 valence electrons. The second-order valence-electron chi connectivity index (χ2n) is 6.27. The van der Waals surface area contributed by atoms with Crippen molar-refractivity contribution in [2.45, 2.75) is 51.1 Å². The van der Waals surface area contributed by atoms with E-state index in [1.807, 2.05) is 14.0 Å². The third-order valence-corrected chi connectivity index (χ3v) is 5.24. The van der Waals surface area contributed by atoms with Crippen LogP contribution in [-0.4, -0.2) is 73.7 Å². The minimum absolute atomic E-state index is 0.0654. The van der Waals surface area contributed by atoms with Crippen LogP contribution < -0.4 is 5.32 Å². The van der Waals surface area contributed by atoms with Crippen LogP contribution in [0.4, 0.5) is 0 Å². The number of carbonyl (C=O) groups is 1. The van der Waals surface area contributed by atoms with Crippen LogP contribution in [0, 0.1) is 0 Å². The first-order valence-electron chi connectivity index (χ1n) is 8.47. The molecule has 2 unspecified atom stereocenters. The SMILES string of the molecule is CCOC(=O)C1(NC)CCCC(N2CCN(CC)CC2)C1. The van der Waals surface area contributed by atoms with Gasteiger partial charge in [0.15, 0.2) is 0 Å². The lowest BCUT2D eigenvalue weighted by atomic mass is 9.78. The summed E-state index contributed by atoms with van der Waals surface area (Å²) in [7, 11) is 1.90. The Balaban J connectivity index is 1.97. The highest BCUT2D eigenvalue weighted by atomic mass is 16.5. The zero-order valence-electron chi connectivity index (χ0n) is 13.9. The molecule has 0 spiro atoms. The van der Waals surface area contributed by atoms with Crippen molar-refractivity contribution in [1.82, 2.24) is 15.1 Å². The van der Waals surface area contributed by atoms with Gasteiger partial charge in [0.25, 0.3) is 0 Å². The molecule has 1 aliphatic carbocycles. The summed E-state index contributed by atoms with van der Waals surface area (Å²) in [6.07, 6.45) is 4.08. The molecule has 1 heterocycles.